The Morgan fingerprint density at radius 3 is 1.37 bits per heavy atom. The smallest absolute Gasteiger partial charge is 0.120 e. The van der Waals surface area contributed by atoms with Crippen molar-refractivity contribution in [1.29, 1.82) is 0 Å². The fourth-order valence-electron chi connectivity index (χ4n) is 4.25. The molecule has 4 nitrogen and oxygen atoms in total. The van der Waals surface area contributed by atoms with E-state index >= 15 is 0 Å². The fraction of sp³-hybridized carbons (Fsp3) is 0.0435. The lowest BCUT2D eigenvalue weighted by Crippen LogP contribution is -2.29. The van der Waals surface area contributed by atoms with Crippen molar-refractivity contribution in [2.24, 2.45) is 0 Å². The SMILES string of the molecule is Oc1ccccc1C1(c2ccccc2O)c2cccnc2-c2ncccc21. The molecule has 0 amide bonds. The minimum absolute atomic E-state index is 0.159. The summed E-state index contributed by atoms with van der Waals surface area (Å²) in [6.45, 7) is 0. The summed E-state index contributed by atoms with van der Waals surface area (Å²) in [5.41, 5.74) is 3.78. The van der Waals surface area contributed by atoms with Gasteiger partial charge in [0.25, 0.3) is 0 Å². The summed E-state index contributed by atoms with van der Waals surface area (Å²) >= 11 is 0. The molecule has 1 aliphatic carbocycles. The first-order valence-electron chi connectivity index (χ1n) is 8.73. The van der Waals surface area contributed by atoms with Gasteiger partial charge >= 0.3 is 0 Å². The van der Waals surface area contributed by atoms with Crippen molar-refractivity contribution in [1.82, 2.24) is 9.97 Å². The average molecular weight is 352 g/mol. The van der Waals surface area contributed by atoms with Gasteiger partial charge in [0, 0.05) is 23.5 Å². The Balaban J connectivity index is 2.03. The second kappa shape index (κ2) is 5.68. The van der Waals surface area contributed by atoms with Crippen LogP contribution in [0.25, 0.3) is 11.4 Å². The third-order valence-corrected chi connectivity index (χ3v) is 5.26. The predicted octanol–water partition coefficient (Wildman–Crippen LogP) is 4.25. The van der Waals surface area contributed by atoms with Gasteiger partial charge in [-0.05, 0) is 35.4 Å². The van der Waals surface area contributed by atoms with E-state index in [4.69, 9.17) is 0 Å². The van der Waals surface area contributed by atoms with Crippen molar-refractivity contribution >= 4 is 0 Å². The van der Waals surface area contributed by atoms with Crippen LogP contribution in [0.15, 0.2) is 85.2 Å². The Bertz CT molecular complexity index is 1080. The molecule has 2 heterocycles. The minimum atomic E-state index is -0.899. The first-order chi connectivity index (χ1) is 13.2. The van der Waals surface area contributed by atoms with Gasteiger partial charge in [-0.1, -0.05) is 48.5 Å². The molecule has 0 fully saturated rings. The normalized spacial score (nSPS) is 13.8. The number of phenolic OH excluding ortho intramolecular Hbond substituents is 2. The number of hydrogen-bond acceptors (Lipinski definition) is 4. The van der Waals surface area contributed by atoms with Crippen molar-refractivity contribution in [2.45, 2.75) is 5.41 Å². The van der Waals surface area contributed by atoms with E-state index in [1.807, 2.05) is 48.5 Å². The van der Waals surface area contributed by atoms with E-state index in [-0.39, 0.29) is 11.5 Å². The summed E-state index contributed by atoms with van der Waals surface area (Å²) in [7, 11) is 0. The second-order valence-electron chi connectivity index (χ2n) is 6.58. The Hall–Kier alpha value is -3.66. The highest BCUT2D eigenvalue weighted by Crippen LogP contribution is 2.57. The maximum Gasteiger partial charge on any atom is 0.120 e. The van der Waals surface area contributed by atoms with Crippen molar-refractivity contribution < 1.29 is 10.2 Å². The molecular weight excluding hydrogens is 336 g/mol. The van der Waals surface area contributed by atoms with Crippen LogP contribution in [0.5, 0.6) is 11.5 Å². The van der Waals surface area contributed by atoms with Gasteiger partial charge in [-0.3, -0.25) is 9.97 Å². The molecule has 4 heteroatoms. The number of fused-ring (bicyclic) bond motifs is 3. The van der Waals surface area contributed by atoms with Gasteiger partial charge in [0.05, 0.1) is 16.8 Å². The molecule has 0 radical (unpaired) electrons. The molecule has 4 aromatic rings. The van der Waals surface area contributed by atoms with Crippen LogP contribution in [-0.4, -0.2) is 20.2 Å². The summed E-state index contributed by atoms with van der Waals surface area (Å²) in [5, 5.41) is 21.6. The number of benzene rings is 2. The highest BCUT2D eigenvalue weighted by Gasteiger charge is 2.50. The Kier molecular flexibility index (Phi) is 3.28. The number of aromatic hydroxyl groups is 2. The van der Waals surface area contributed by atoms with E-state index in [0.29, 0.717) is 11.1 Å². The van der Waals surface area contributed by atoms with Crippen LogP contribution in [0.3, 0.4) is 0 Å². The second-order valence-corrected chi connectivity index (χ2v) is 6.58. The summed E-state index contributed by atoms with van der Waals surface area (Å²) in [6.07, 6.45) is 3.48. The van der Waals surface area contributed by atoms with Crippen LogP contribution in [0.2, 0.25) is 0 Å². The summed E-state index contributed by atoms with van der Waals surface area (Å²) in [4.78, 5) is 9.16. The number of nitrogens with zero attached hydrogens (tertiary/aromatic N) is 2. The zero-order valence-corrected chi connectivity index (χ0v) is 14.4. The van der Waals surface area contributed by atoms with Crippen molar-refractivity contribution in [3.05, 3.63) is 107 Å². The molecule has 0 atom stereocenters. The average Bonchev–Trinajstić information content (AvgIpc) is 3.00. The molecule has 2 aromatic heterocycles. The molecule has 130 valence electrons. The number of phenols is 2. The molecule has 0 unspecified atom stereocenters. The van der Waals surface area contributed by atoms with Crippen molar-refractivity contribution in [3.63, 3.8) is 0 Å². The first-order valence-corrected chi connectivity index (χ1v) is 8.73. The van der Waals surface area contributed by atoms with Gasteiger partial charge in [-0.15, -0.1) is 0 Å². The number of pyridine rings is 2. The van der Waals surface area contributed by atoms with Crippen molar-refractivity contribution in [3.8, 4) is 22.9 Å². The predicted molar refractivity (Wildman–Crippen MR) is 103 cm³/mol. The number of aromatic nitrogens is 2. The first kappa shape index (κ1) is 15.6. The fourth-order valence-corrected chi connectivity index (χ4v) is 4.25. The van der Waals surface area contributed by atoms with Crippen LogP contribution in [0.4, 0.5) is 0 Å². The molecule has 27 heavy (non-hydrogen) atoms. The Labute approximate surface area is 156 Å². The number of hydrogen-bond donors (Lipinski definition) is 2. The monoisotopic (exact) mass is 352 g/mol. The third kappa shape index (κ3) is 1.98. The Morgan fingerprint density at radius 2 is 0.926 bits per heavy atom. The molecule has 0 aliphatic heterocycles. The maximum absolute atomic E-state index is 10.8. The molecule has 2 N–H and O–H groups in total. The van der Waals surface area contributed by atoms with Crippen LogP contribution >= 0.6 is 0 Å². The van der Waals surface area contributed by atoms with E-state index in [1.54, 1.807) is 36.7 Å². The van der Waals surface area contributed by atoms with E-state index in [0.717, 1.165) is 22.5 Å². The van der Waals surface area contributed by atoms with Gasteiger partial charge < -0.3 is 10.2 Å². The van der Waals surface area contributed by atoms with Crippen molar-refractivity contribution in [2.75, 3.05) is 0 Å². The summed E-state index contributed by atoms with van der Waals surface area (Å²) < 4.78 is 0. The van der Waals surface area contributed by atoms with Crippen LogP contribution in [0.1, 0.15) is 22.3 Å². The van der Waals surface area contributed by atoms with E-state index in [1.165, 1.54) is 0 Å². The lowest BCUT2D eigenvalue weighted by Gasteiger charge is -2.33. The third-order valence-electron chi connectivity index (χ3n) is 5.26. The van der Waals surface area contributed by atoms with Crippen LogP contribution in [0, 0.1) is 0 Å². The molecule has 5 rings (SSSR count). The van der Waals surface area contributed by atoms with Gasteiger partial charge in [0.1, 0.15) is 11.5 Å². The molecule has 0 spiro atoms. The summed E-state index contributed by atoms with van der Waals surface area (Å²) in [5.74, 6) is 0.319. The topological polar surface area (TPSA) is 66.2 Å². The zero-order chi connectivity index (χ0) is 18.4. The largest absolute Gasteiger partial charge is 0.508 e. The van der Waals surface area contributed by atoms with Gasteiger partial charge in [-0.2, -0.15) is 0 Å². The summed E-state index contributed by atoms with van der Waals surface area (Å²) in [6, 6.07) is 22.2. The van der Waals surface area contributed by atoms with E-state index in [9.17, 15) is 10.2 Å². The van der Waals surface area contributed by atoms with E-state index < -0.39 is 5.41 Å². The van der Waals surface area contributed by atoms with Gasteiger partial charge in [0.15, 0.2) is 0 Å². The molecule has 1 aliphatic rings. The highest BCUT2D eigenvalue weighted by atomic mass is 16.3. The van der Waals surface area contributed by atoms with Crippen LogP contribution < -0.4 is 0 Å². The molecule has 0 bridgehead atoms. The van der Waals surface area contributed by atoms with Gasteiger partial charge in [-0.25, -0.2) is 0 Å². The van der Waals surface area contributed by atoms with Crippen LogP contribution in [-0.2, 0) is 5.41 Å². The quantitative estimate of drug-likeness (QED) is 0.498. The Morgan fingerprint density at radius 1 is 0.519 bits per heavy atom. The van der Waals surface area contributed by atoms with Gasteiger partial charge in [0.2, 0.25) is 0 Å². The molecule has 0 saturated heterocycles. The molecular formula is C23H16N2O2. The lowest BCUT2D eigenvalue weighted by atomic mass is 9.67. The number of rotatable bonds is 2. The molecule has 2 aromatic carbocycles. The minimum Gasteiger partial charge on any atom is -0.508 e. The highest BCUT2D eigenvalue weighted by molar-refractivity contribution is 5.83. The lowest BCUT2D eigenvalue weighted by molar-refractivity contribution is 0.448. The van der Waals surface area contributed by atoms with E-state index in [2.05, 4.69) is 9.97 Å². The zero-order valence-electron chi connectivity index (χ0n) is 14.4. The standard InChI is InChI=1S/C23H16N2O2/c26-19-11-3-1-7-15(19)23(16-8-2-4-12-20(16)27)17-9-5-13-24-21(17)22-18(23)10-6-14-25-22/h1-14,26-27H. The number of para-hydroxylation sites is 2. The molecule has 0 saturated carbocycles. The maximum atomic E-state index is 10.8.